The number of hydrogen-bond donors (Lipinski definition) is 1. The molecule has 0 aromatic heterocycles. The third-order valence-corrected chi connectivity index (χ3v) is 4.09. The average molecular weight is 274 g/mol. The first-order valence-electron chi connectivity index (χ1n) is 6.90. The first-order chi connectivity index (χ1) is 8.84. The Labute approximate surface area is 115 Å². The summed E-state index contributed by atoms with van der Waals surface area (Å²) < 4.78 is 4.95. The number of ether oxygens (including phenoxy) is 1. The Morgan fingerprint density at radius 2 is 2.06 bits per heavy atom. The highest BCUT2D eigenvalue weighted by molar-refractivity contribution is 7.99. The Balaban J connectivity index is 1.89. The molecule has 5 heteroatoms. The second-order valence-corrected chi connectivity index (χ2v) is 5.70. The summed E-state index contributed by atoms with van der Waals surface area (Å²) in [6, 6.07) is 0. The summed E-state index contributed by atoms with van der Waals surface area (Å²) in [4.78, 5) is 13.9. The molecule has 1 N–H and O–H groups in total. The Bertz CT molecular complexity index is 221. The number of methoxy groups -OCH3 is 1. The van der Waals surface area contributed by atoms with Crippen LogP contribution in [0.25, 0.3) is 0 Å². The molecule has 1 saturated heterocycles. The fourth-order valence-electron chi connectivity index (χ4n) is 1.99. The number of likely N-dealkylation sites (tertiary alicyclic amines) is 1. The van der Waals surface area contributed by atoms with Crippen LogP contribution in [0.3, 0.4) is 0 Å². The molecule has 0 spiro atoms. The van der Waals surface area contributed by atoms with Gasteiger partial charge in [0.1, 0.15) is 0 Å². The van der Waals surface area contributed by atoms with Crippen LogP contribution in [0.5, 0.6) is 0 Å². The van der Waals surface area contributed by atoms with Crippen molar-refractivity contribution in [2.75, 3.05) is 51.4 Å². The molecule has 18 heavy (non-hydrogen) atoms. The second kappa shape index (κ2) is 10.6. The standard InChI is InChI=1S/C13H26N2O2S/c1-17-10-7-14-6-5-11-18-12-13(16)15-8-3-2-4-9-15/h14H,2-12H2,1H3. The highest BCUT2D eigenvalue weighted by atomic mass is 32.2. The van der Waals surface area contributed by atoms with E-state index < -0.39 is 0 Å². The first-order valence-corrected chi connectivity index (χ1v) is 8.05. The monoisotopic (exact) mass is 274 g/mol. The zero-order chi connectivity index (χ0) is 13.1. The lowest BCUT2D eigenvalue weighted by Crippen LogP contribution is -2.36. The molecule has 4 nitrogen and oxygen atoms in total. The van der Waals surface area contributed by atoms with Crippen molar-refractivity contribution >= 4 is 17.7 Å². The lowest BCUT2D eigenvalue weighted by Gasteiger charge is -2.26. The van der Waals surface area contributed by atoms with Gasteiger partial charge in [0.2, 0.25) is 5.91 Å². The Morgan fingerprint density at radius 3 is 2.78 bits per heavy atom. The molecular formula is C13H26N2O2S. The minimum atomic E-state index is 0.326. The highest BCUT2D eigenvalue weighted by Gasteiger charge is 2.15. The minimum Gasteiger partial charge on any atom is -0.383 e. The molecule has 0 atom stereocenters. The third-order valence-electron chi connectivity index (χ3n) is 3.06. The largest absolute Gasteiger partial charge is 0.383 e. The van der Waals surface area contributed by atoms with E-state index in [1.807, 2.05) is 4.90 Å². The fourth-order valence-corrected chi connectivity index (χ4v) is 2.84. The number of amides is 1. The van der Waals surface area contributed by atoms with E-state index >= 15 is 0 Å². The number of nitrogens with one attached hydrogen (secondary N) is 1. The average Bonchev–Trinajstić information content (AvgIpc) is 2.42. The Kier molecular flexibility index (Phi) is 9.34. The van der Waals surface area contributed by atoms with Crippen LogP contribution in [0.2, 0.25) is 0 Å². The number of hydrogen-bond acceptors (Lipinski definition) is 4. The molecule has 1 aliphatic heterocycles. The van der Waals surface area contributed by atoms with Crippen LogP contribution in [-0.2, 0) is 9.53 Å². The summed E-state index contributed by atoms with van der Waals surface area (Å²) in [7, 11) is 1.71. The number of piperidine rings is 1. The lowest BCUT2D eigenvalue weighted by atomic mass is 10.1. The van der Waals surface area contributed by atoms with Crippen molar-refractivity contribution in [3.8, 4) is 0 Å². The van der Waals surface area contributed by atoms with Crippen molar-refractivity contribution in [1.82, 2.24) is 10.2 Å². The fraction of sp³-hybridized carbons (Fsp3) is 0.923. The molecule has 106 valence electrons. The van der Waals surface area contributed by atoms with E-state index in [0.717, 1.165) is 45.0 Å². The molecule has 1 rings (SSSR count). The molecule has 1 aliphatic rings. The summed E-state index contributed by atoms with van der Waals surface area (Å²) in [6.07, 6.45) is 4.76. The summed E-state index contributed by atoms with van der Waals surface area (Å²) >= 11 is 1.76. The van der Waals surface area contributed by atoms with Gasteiger partial charge in [-0.05, 0) is 38.0 Å². The number of rotatable bonds is 9. The van der Waals surface area contributed by atoms with Gasteiger partial charge in [-0.2, -0.15) is 11.8 Å². The predicted octanol–water partition coefficient (Wildman–Crippen LogP) is 1.36. The van der Waals surface area contributed by atoms with Crippen molar-refractivity contribution in [2.45, 2.75) is 25.7 Å². The Hall–Kier alpha value is -0.260. The second-order valence-electron chi connectivity index (χ2n) is 4.59. The van der Waals surface area contributed by atoms with Gasteiger partial charge in [-0.3, -0.25) is 4.79 Å². The van der Waals surface area contributed by atoms with E-state index in [0.29, 0.717) is 11.7 Å². The number of carbonyl (C=O) groups is 1. The number of nitrogens with zero attached hydrogens (tertiary/aromatic N) is 1. The normalized spacial score (nSPS) is 15.9. The summed E-state index contributed by atoms with van der Waals surface area (Å²) in [5, 5.41) is 3.30. The number of carbonyl (C=O) groups excluding carboxylic acids is 1. The maximum Gasteiger partial charge on any atom is 0.232 e. The minimum absolute atomic E-state index is 0.326. The van der Waals surface area contributed by atoms with Gasteiger partial charge >= 0.3 is 0 Å². The van der Waals surface area contributed by atoms with E-state index in [-0.39, 0.29) is 0 Å². The van der Waals surface area contributed by atoms with Gasteiger partial charge in [-0.25, -0.2) is 0 Å². The zero-order valence-electron chi connectivity index (χ0n) is 11.5. The molecule has 0 aliphatic carbocycles. The molecule has 0 unspecified atom stereocenters. The molecule has 0 saturated carbocycles. The Morgan fingerprint density at radius 1 is 1.28 bits per heavy atom. The molecule has 0 bridgehead atoms. The van der Waals surface area contributed by atoms with Crippen LogP contribution in [0, 0.1) is 0 Å². The van der Waals surface area contributed by atoms with Crippen LogP contribution in [-0.4, -0.2) is 62.2 Å². The van der Waals surface area contributed by atoms with E-state index in [2.05, 4.69) is 5.32 Å². The molecule has 0 aromatic rings. The SMILES string of the molecule is COCCNCCCSCC(=O)N1CCCCC1. The van der Waals surface area contributed by atoms with Crippen molar-refractivity contribution < 1.29 is 9.53 Å². The molecule has 0 radical (unpaired) electrons. The molecular weight excluding hydrogens is 248 g/mol. The summed E-state index contributed by atoms with van der Waals surface area (Å²) in [5.41, 5.74) is 0. The van der Waals surface area contributed by atoms with Crippen molar-refractivity contribution in [1.29, 1.82) is 0 Å². The van der Waals surface area contributed by atoms with Gasteiger partial charge in [0.15, 0.2) is 0 Å². The molecule has 1 heterocycles. The van der Waals surface area contributed by atoms with Crippen LogP contribution in [0.15, 0.2) is 0 Å². The molecule has 0 aromatic carbocycles. The van der Waals surface area contributed by atoms with Gasteiger partial charge in [-0.1, -0.05) is 0 Å². The van der Waals surface area contributed by atoms with E-state index in [4.69, 9.17) is 4.74 Å². The van der Waals surface area contributed by atoms with Gasteiger partial charge in [0.25, 0.3) is 0 Å². The van der Waals surface area contributed by atoms with E-state index in [1.54, 1.807) is 18.9 Å². The van der Waals surface area contributed by atoms with Crippen molar-refractivity contribution in [3.05, 3.63) is 0 Å². The quantitative estimate of drug-likeness (QED) is 0.645. The van der Waals surface area contributed by atoms with Gasteiger partial charge in [0, 0.05) is 26.7 Å². The van der Waals surface area contributed by atoms with Crippen molar-refractivity contribution in [2.24, 2.45) is 0 Å². The van der Waals surface area contributed by atoms with Gasteiger partial charge < -0.3 is 15.0 Å². The highest BCUT2D eigenvalue weighted by Crippen LogP contribution is 2.11. The smallest absolute Gasteiger partial charge is 0.232 e. The van der Waals surface area contributed by atoms with Gasteiger partial charge in [-0.15, -0.1) is 0 Å². The third kappa shape index (κ3) is 7.24. The zero-order valence-corrected chi connectivity index (χ0v) is 12.3. The maximum absolute atomic E-state index is 11.8. The van der Waals surface area contributed by atoms with Crippen LogP contribution < -0.4 is 5.32 Å². The lowest BCUT2D eigenvalue weighted by molar-refractivity contribution is -0.129. The van der Waals surface area contributed by atoms with Gasteiger partial charge in [0.05, 0.1) is 12.4 Å². The van der Waals surface area contributed by atoms with Crippen LogP contribution >= 0.6 is 11.8 Å². The molecule has 1 amide bonds. The predicted molar refractivity (Wildman–Crippen MR) is 77.1 cm³/mol. The first kappa shape index (κ1) is 15.8. The maximum atomic E-state index is 11.8. The van der Waals surface area contributed by atoms with E-state index in [1.165, 1.54) is 19.3 Å². The topological polar surface area (TPSA) is 41.6 Å². The molecule has 1 fully saturated rings. The van der Waals surface area contributed by atoms with Crippen LogP contribution in [0.1, 0.15) is 25.7 Å². The van der Waals surface area contributed by atoms with Crippen molar-refractivity contribution in [3.63, 3.8) is 0 Å². The van der Waals surface area contributed by atoms with E-state index in [9.17, 15) is 4.79 Å². The number of thioether (sulfide) groups is 1. The van der Waals surface area contributed by atoms with Crippen LogP contribution in [0.4, 0.5) is 0 Å². The summed E-state index contributed by atoms with van der Waals surface area (Å²) in [6.45, 7) is 4.62. The summed E-state index contributed by atoms with van der Waals surface area (Å²) in [5.74, 6) is 2.03.